The molecule has 5 nitrogen and oxygen atoms in total. The van der Waals surface area contributed by atoms with E-state index in [2.05, 4.69) is 4.98 Å². The van der Waals surface area contributed by atoms with Crippen molar-refractivity contribution in [2.24, 2.45) is 0 Å². The molecule has 0 saturated carbocycles. The number of ether oxygens (including phenoxy) is 2. The van der Waals surface area contributed by atoms with Crippen molar-refractivity contribution >= 4 is 23.2 Å². The fraction of sp³-hybridized carbons (Fsp3) is 0.385. The standard InChI is InChI=1S/C13H15ClN2O3/c1-4-8-11(13(17)19-5-2)16-7-6-9(18-3)10(14)12(16)15-8/h6-7H,4-5H2,1-3H3. The highest BCUT2D eigenvalue weighted by atomic mass is 35.5. The lowest BCUT2D eigenvalue weighted by molar-refractivity contribution is 0.0517. The maximum atomic E-state index is 12.0. The maximum Gasteiger partial charge on any atom is 0.357 e. The molecule has 0 bridgehead atoms. The normalized spacial score (nSPS) is 10.7. The molecule has 102 valence electrons. The van der Waals surface area contributed by atoms with E-state index in [-0.39, 0.29) is 0 Å². The molecule has 2 heterocycles. The molecule has 0 N–H and O–H groups in total. The molecule has 0 spiro atoms. The Morgan fingerprint density at radius 3 is 2.79 bits per heavy atom. The average Bonchev–Trinajstić information content (AvgIpc) is 2.79. The summed E-state index contributed by atoms with van der Waals surface area (Å²) in [5.74, 6) is 0.130. The third-order valence-electron chi connectivity index (χ3n) is 2.79. The molecular weight excluding hydrogens is 268 g/mol. The van der Waals surface area contributed by atoms with Crippen LogP contribution in [0.3, 0.4) is 0 Å². The van der Waals surface area contributed by atoms with Gasteiger partial charge in [-0.1, -0.05) is 18.5 Å². The lowest BCUT2D eigenvalue weighted by atomic mass is 10.2. The average molecular weight is 283 g/mol. The van der Waals surface area contributed by atoms with Crippen molar-refractivity contribution in [1.29, 1.82) is 0 Å². The Labute approximate surface area is 116 Å². The predicted molar refractivity (Wildman–Crippen MR) is 72.1 cm³/mol. The van der Waals surface area contributed by atoms with Gasteiger partial charge in [-0.05, 0) is 19.4 Å². The highest BCUT2D eigenvalue weighted by molar-refractivity contribution is 6.35. The van der Waals surface area contributed by atoms with Crippen LogP contribution in [-0.2, 0) is 11.2 Å². The van der Waals surface area contributed by atoms with E-state index in [1.165, 1.54) is 7.11 Å². The van der Waals surface area contributed by atoms with Crippen molar-refractivity contribution in [2.75, 3.05) is 13.7 Å². The van der Waals surface area contributed by atoms with Crippen LogP contribution in [0.25, 0.3) is 5.65 Å². The second-order valence-corrected chi connectivity index (χ2v) is 4.25. The zero-order valence-corrected chi connectivity index (χ0v) is 11.8. The van der Waals surface area contributed by atoms with Crippen molar-refractivity contribution in [1.82, 2.24) is 9.38 Å². The summed E-state index contributed by atoms with van der Waals surface area (Å²) in [6.45, 7) is 4.01. The Balaban J connectivity index is 2.69. The van der Waals surface area contributed by atoms with Crippen molar-refractivity contribution in [3.8, 4) is 5.75 Å². The van der Waals surface area contributed by atoms with Gasteiger partial charge < -0.3 is 9.47 Å². The van der Waals surface area contributed by atoms with Gasteiger partial charge in [0.15, 0.2) is 11.3 Å². The predicted octanol–water partition coefficient (Wildman–Crippen LogP) is 2.74. The minimum atomic E-state index is -0.395. The Morgan fingerprint density at radius 1 is 1.47 bits per heavy atom. The van der Waals surface area contributed by atoms with Gasteiger partial charge in [-0.25, -0.2) is 9.78 Å². The zero-order chi connectivity index (χ0) is 14.0. The van der Waals surface area contributed by atoms with E-state index in [1.54, 1.807) is 23.6 Å². The molecule has 0 atom stereocenters. The molecule has 0 aliphatic rings. The topological polar surface area (TPSA) is 52.8 Å². The Bertz CT molecular complexity index is 622. The largest absolute Gasteiger partial charge is 0.495 e. The molecule has 6 heteroatoms. The van der Waals surface area contributed by atoms with E-state index in [0.717, 1.165) is 0 Å². The van der Waals surface area contributed by atoms with Gasteiger partial charge in [-0.2, -0.15) is 0 Å². The van der Waals surface area contributed by atoms with E-state index in [4.69, 9.17) is 21.1 Å². The fourth-order valence-electron chi connectivity index (χ4n) is 1.92. The smallest absolute Gasteiger partial charge is 0.357 e. The molecule has 0 fully saturated rings. The summed E-state index contributed by atoms with van der Waals surface area (Å²) in [6, 6.07) is 1.69. The van der Waals surface area contributed by atoms with E-state index < -0.39 is 5.97 Å². The van der Waals surface area contributed by atoms with Crippen molar-refractivity contribution in [3.05, 3.63) is 28.7 Å². The van der Waals surface area contributed by atoms with Crippen LogP contribution in [0.15, 0.2) is 12.3 Å². The first-order chi connectivity index (χ1) is 9.13. The molecule has 0 aliphatic carbocycles. The van der Waals surface area contributed by atoms with Crippen LogP contribution < -0.4 is 4.74 Å². The number of fused-ring (bicyclic) bond motifs is 1. The number of hydrogen-bond acceptors (Lipinski definition) is 4. The number of nitrogens with zero attached hydrogens (tertiary/aromatic N) is 2. The van der Waals surface area contributed by atoms with Crippen molar-refractivity contribution < 1.29 is 14.3 Å². The second kappa shape index (κ2) is 5.48. The summed E-state index contributed by atoms with van der Waals surface area (Å²) in [7, 11) is 1.54. The first-order valence-electron chi connectivity index (χ1n) is 6.04. The highest BCUT2D eigenvalue weighted by Crippen LogP contribution is 2.30. The first kappa shape index (κ1) is 13.7. The minimum absolute atomic E-state index is 0.319. The van der Waals surface area contributed by atoms with Gasteiger partial charge in [0.1, 0.15) is 10.8 Å². The van der Waals surface area contributed by atoms with Crippen LogP contribution in [0.4, 0.5) is 0 Å². The highest BCUT2D eigenvalue weighted by Gasteiger charge is 2.21. The molecule has 2 aromatic rings. The summed E-state index contributed by atoms with van der Waals surface area (Å²) in [4.78, 5) is 16.4. The monoisotopic (exact) mass is 282 g/mol. The lowest BCUT2D eigenvalue weighted by Gasteiger charge is -2.06. The number of aryl methyl sites for hydroxylation is 1. The van der Waals surface area contributed by atoms with Gasteiger partial charge in [0, 0.05) is 6.20 Å². The molecule has 0 aromatic carbocycles. The number of methoxy groups -OCH3 is 1. The quantitative estimate of drug-likeness (QED) is 0.809. The summed E-state index contributed by atoms with van der Waals surface area (Å²) in [5, 5.41) is 0.384. The molecule has 0 saturated heterocycles. The molecule has 0 amide bonds. The SMILES string of the molecule is CCOC(=O)c1c(CC)nc2c(Cl)c(OC)ccn12. The number of aromatic nitrogens is 2. The molecular formula is C13H15ClN2O3. The molecule has 2 rings (SSSR count). The van der Waals surface area contributed by atoms with E-state index in [0.29, 0.717) is 40.8 Å². The number of esters is 1. The van der Waals surface area contributed by atoms with Gasteiger partial charge in [0.05, 0.1) is 19.4 Å². The first-order valence-corrected chi connectivity index (χ1v) is 6.42. The molecule has 0 aliphatic heterocycles. The van der Waals surface area contributed by atoms with Gasteiger partial charge in [-0.15, -0.1) is 0 Å². The number of halogens is 1. The number of imidazole rings is 1. The van der Waals surface area contributed by atoms with E-state index >= 15 is 0 Å². The van der Waals surface area contributed by atoms with Crippen LogP contribution in [0.1, 0.15) is 30.0 Å². The Hall–Kier alpha value is -1.75. The zero-order valence-electron chi connectivity index (χ0n) is 11.1. The van der Waals surface area contributed by atoms with E-state index in [1.807, 2.05) is 6.92 Å². The second-order valence-electron chi connectivity index (χ2n) is 3.87. The van der Waals surface area contributed by atoms with Crippen LogP contribution >= 0.6 is 11.6 Å². The maximum absolute atomic E-state index is 12.0. The summed E-state index contributed by atoms with van der Waals surface area (Å²) >= 11 is 6.21. The number of hydrogen-bond donors (Lipinski definition) is 0. The molecule has 0 radical (unpaired) electrons. The third-order valence-corrected chi connectivity index (χ3v) is 3.15. The van der Waals surface area contributed by atoms with Gasteiger partial charge in [-0.3, -0.25) is 4.40 Å². The molecule has 0 unspecified atom stereocenters. The number of pyridine rings is 1. The summed E-state index contributed by atoms with van der Waals surface area (Å²) < 4.78 is 11.8. The molecule has 2 aromatic heterocycles. The van der Waals surface area contributed by atoms with E-state index in [9.17, 15) is 4.79 Å². The van der Waals surface area contributed by atoms with Gasteiger partial charge in [0.2, 0.25) is 0 Å². The third kappa shape index (κ3) is 2.26. The van der Waals surface area contributed by atoms with Gasteiger partial charge in [0.25, 0.3) is 0 Å². The Morgan fingerprint density at radius 2 is 2.21 bits per heavy atom. The number of carbonyl (C=O) groups is 1. The van der Waals surface area contributed by atoms with Crippen LogP contribution in [0.2, 0.25) is 5.02 Å². The van der Waals surface area contributed by atoms with Crippen LogP contribution in [-0.4, -0.2) is 29.1 Å². The summed E-state index contributed by atoms with van der Waals surface area (Å²) in [5.41, 5.74) is 1.58. The van der Waals surface area contributed by atoms with Crippen molar-refractivity contribution in [3.63, 3.8) is 0 Å². The Kier molecular flexibility index (Phi) is 3.95. The lowest BCUT2D eigenvalue weighted by Crippen LogP contribution is -2.10. The minimum Gasteiger partial charge on any atom is -0.495 e. The molecule has 19 heavy (non-hydrogen) atoms. The van der Waals surface area contributed by atoms with Crippen LogP contribution in [0, 0.1) is 0 Å². The van der Waals surface area contributed by atoms with Crippen molar-refractivity contribution in [2.45, 2.75) is 20.3 Å². The fourth-order valence-corrected chi connectivity index (χ4v) is 2.20. The number of rotatable bonds is 4. The van der Waals surface area contributed by atoms with Gasteiger partial charge >= 0.3 is 5.97 Å². The number of carbonyl (C=O) groups excluding carboxylic acids is 1. The summed E-state index contributed by atoms with van der Waals surface area (Å²) in [6.07, 6.45) is 2.33. The van der Waals surface area contributed by atoms with Crippen LogP contribution in [0.5, 0.6) is 5.75 Å².